The summed E-state index contributed by atoms with van der Waals surface area (Å²) in [6.45, 7) is 2.00. The molecule has 152 valence electrons. The second-order valence-electron chi connectivity index (χ2n) is 6.39. The molecule has 0 unspecified atom stereocenters. The van der Waals surface area contributed by atoms with Gasteiger partial charge in [0.25, 0.3) is 5.91 Å². The number of rotatable bonds is 7. The highest BCUT2D eigenvalue weighted by molar-refractivity contribution is 9.10. The molecule has 2 aromatic carbocycles. The lowest BCUT2D eigenvalue weighted by Gasteiger charge is -2.02. The van der Waals surface area contributed by atoms with Crippen LogP contribution in [0.2, 0.25) is 0 Å². The molecule has 0 saturated carbocycles. The third-order valence-corrected chi connectivity index (χ3v) is 4.53. The van der Waals surface area contributed by atoms with Gasteiger partial charge in [-0.1, -0.05) is 64.5 Å². The minimum Gasteiger partial charge on any atom is -0.265 e. The van der Waals surface area contributed by atoms with Gasteiger partial charge >= 0.3 is 5.69 Å². The fourth-order valence-corrected chi connectivity index (χ4v) is 3.07. The molecule has 1 amide bonds. The molecule has 30 heavy (non-hydrogen) atoms. The summed E-state index contributed by atoms with van der Waals surface area (Å²) < 4.78 is 2.24. The number of hydrazone groups is 1. The fourth-order valence-electron chi connectivity index (χ4n) is 2.62. The second-order valence-corrected chi connectivity index (χ2v) is 7.30. The van der Waals surface area contributed by atoms with E-state index >= 15 is 0 Å². The van der Waals surface area contributed by atoms with Gasteiger partial charge in [0.15, 0.2) is 0 Å². The monoisotopic (exact) mass is 467 g/mol. The minimum absolute atomic E-state index is 0.287. The molecule has 0 spiro atoms. The Balaban J connectivity index is 1.73. The van der Waals surface area contributed by atoms with E-state index in [1.54, 1.807) is 13.0 Å². The summed E-state index contributed by atoms with van der Waals surface area (Å²) in [6.07, 6.45) is 4.82. The molecule has 0 radical (unpaired) electrons. The summed E-state index contributed by atoms with van der Waals surface area (Å²) in [5.74, 6) is -0.748. The van der Waals surface area contributed by atoms with Gasteiger partial charge < -0.3 is 0 Å². The van der Waals surface area contributed by atoms with E-state index in [0.29, 0.717) is 5.71 Å². The summed E-state index contributed by atoms with van der Waals surface area (Å²) in [6, 6.07) is 17.1. The van der Waals surface area contributed by atoms with Gasteiger partial charge in [0.05, 0.1) is 17.2 Å². The smallest absolute Gasteiger partial charge is 0.265 e. The molecule has 0 atom stereocenters. The maximum Gasteiger partial charge on any atom is 0.320 e. The third kappa shape index (κ3) is 5.71. The van der Waals surface area contributed by atoms with Crippen LogP contribution in [0.1, 0.15) is 28.5 Å². The molecule has 0 aliphatic rings. The van der Waals surface area contributed by atoms with Crippen LogP contribution in [-0.4, -0.2) is 26.3 Å². The molecule has 1 aromatic heterocycles. The molecule has 0 fully saturated rings. The van der Waals surface area contributed by atoms with Gasteiger partial charge in [-0.2, -0.15) is 10.2 Å². The molecular formula is C21H18BrN5O3. The molecule has 3 rings (SSSR count). The van der Waals surface area contributed by atoms with Gasteiger partial charge in [0, 0.05) is 4.47 Å². The van der Waals surface area contributed by atoms with Crippen LogP contribution in [-0.2, 0) is 6.54 Å². The number of halogens is 1. The highest BCUT2D eigenvalue weighted by Crippen LogP contribution is 2.19. The Labute approximate surface area is 181 Å². The van der Waals surface area contributed by atoms with Gasteiger partial charge in [-0.25, -0.2) is 5.43 Å². The van der Waals surface area contributed by atoms with Gasteiger partial charge in [0.1, 0.15) is 6.20 Å². The van der Waals surface area contributed by atoms with E-state index in [2.05, 4.69) is 31.6 Å². The Morgan fingerprint density at radius 2 is 2.03 bits per heavy atom. The van der Waals surface area contributed by atoms with Gasteiger partial charge in [-0.3, -0.25) is 19.6 Å². The molecule has 0 aliphatic carbocycles. The first kappa shape index (κ1) is 21.1. The Morgan fingerprint density at radius 3 is 2.73 bits per heavy atom. The van der Waals surface area contributed by atoms with Crippen LogP contribution in [0.5, 0.6) is 0 Å². The van der Waals surface area contributed by atoms with Crippen molar-refractivity contribution in [3.63, 3.8) is 0 Å². The van der Waals surface area contributed by atoms with Crippen molar-refractivity contribution in [3.8, 4) is 0 Å². The third-order valence-electron chi connectivity index (χ3n) is 4.04. The van der Waals surface area contributed by atoms with Crippen LogP contribution < -0.4 is 5.43 Å². The van der Waals surface area contributed by atoms with Crippen molar-refractivity contribution in [3.05, 3.63) is 98.3 Å². The molecule has 3 aromatic rings. The highest BCUT2D eigenvalue weighted by Gasteiger charge is 2.25. The average Bonchev–Trinajstić information content (AvgIpc) is 3.15. The number of allylic oxidation sites excluding steroid dienone is 1. The SMILES string of the molecule is CC(/C=C/c1ccccc1)=N/NC(=O)c1nn(Cc2cccc(Br)c2)cc1[N+](=O)[O-]. The first-order chi connectivity index (χ1) is 14.4. The average molecular weight is 468 g/mol. The number of aromatic nitrogens is 2. The zero-order valence-electron chi connectivity index (χ0n) is 16.0. The lowest BCUT2D eigenvalue weighted by Crippen LogP contribution is -2.20. The molecule has 0 bridgehead atoms. The van der Waals surface area contributed by atoms with E-state index in [0.717, 1.165) is 15.6 Å². The minimum atomic E-state index is -0.748. The molecule has 0 aliphatic heterocycles. The topological polar surface area (TPSA) is 102 Å². The maximum atomic E-state index is 12.4. The zero-order valence-corrected chi connectivity index (χ0v) is 17.6. The van der Waals surface area contributed by atoms with Crippen molar-refractivity contribution in [2.75, 3.05) is 0 Å². The standard InChI is InChI=1S/C21H18BrN5O3/c1-15(10-11-16-6-3-2-4-7-16)23-24-21(28)20-19(27(29)30)14-26(25-20)13-17-8-5-9-18(22)12-17/h2-12,14H,13H2,1H3,(H,24,28)/b11-10+,23-15-. The number of hydrogen-bond donors (Lipinski definition) is 1. The van der Waals surface area contributed by atoms with Crippen LogP contribution in [0, 0.1) is 10.1 Å². The Morgan fingerprint density at radius 1 is 1.27 bits per heavy atom. The fraction of sp³-hybridized carbons (Fsp3) is 0.0952. The molecule has 1 N–H and O–H groups in total. The van der Waals surface area contributed by atoms with Crippen LogP contribution >= 0.6 is 15.9 Å². The zero-order chi connectivity index (χ0) is 21.5. The van der Waals surface area contributed by atoms with E-state index in [4.69, 9.17) is 0 Å². The number of nitrogens with one attached hydrogen (secondary N) is 1. The first-order valence-corrected chi connectivity index (χ1v) is 9.76. The number of nitro groups is 1. The Kier molecular flexibility index (Phi) is 6.87. The van der Waals surface area contributed by atoms with Crippen LogP contribution in [0.15, 0.2) is 76.4 Å². The lowest BCUT2D eigenvalue weighted by molar-refractivity contribution is -0.385. The summed E-state index contributed by atoms with van der Waals surface area (Å²) in [7, 11) is 0. The number of carbonyl (C=O) groups is 1. The molecule has 9 heteroatoms. The van der Waals surface area contributed by atoms with Crippen molar-refractivity contribution in [1.82, 2.24) is 15.2 Å². The van der Waals surface area contributed by atoms with Crippen molar-refractivity contribution < 1.29 is 9.72 Å². The number of amides is 1. The number of hydrogen-bond acceptors (Lipinski definition) is 5. The second kappa shape index (κ2) is 9.75. The van der Waals surface area contributed by atoms with E-state index in [1.807, 2.05) is 60.7 Å². The van der Waals surface area contributed by atoms with Gasteiger partial charge in [-0.05, 0) is 36.3 Å². The Hall–Kier alpha value is -3.59. The summed E-state index contributed by atoms with van der Waals surface area (Å²) >= 11 is 3.38. The normalized spacial score (nSPS) is 11.6. The predicted molar refractivity (Wildman–Crippen MR) is 118 cm³/mol. The molecule has 8 nitrogen and oxygen atoms in total. The van der Waals surface area contributed by atoms with Crippen LogP contribution in [0.4, 0.5) is 5.69 Å². The van der Waals surface area contributed by atoms with E-state index in [-0.39, 0.29) is 17.9 Å². The number of carbonyl (C=O) groups excluding carboxylic acids is 1. The number of nitrogens with zero attached hydrogens (tertiary/aromatic N) is 4. The van der Waals surface area contributed by atoms with Crippen LogP contribution in [0.3, 0.4) is 0 Å². The van der Waals surface area contributed by atoms with Crippen LogP contribution in [0.25, 0.3) is 6.08 Å². The van der Waals surface area contributed by atoms with Crippen molar-refractivity contribution in [1.29, 1.82) is 0 Å². The maximum absolute atomic E-state index is 12.4. The summed E-state index contributed by atoms with van der Waals surface area (Å²) in [4.78, 5) is 23.2. The van der Waals surface area contributed by atoms with E-state index in [1.165, 1.54) is 10.9 Å². The van der Waals surface area contributed by atoms with Gasteiger partial charge in [0.2, 0.25) is 5.69 Å². The first-order valence-electron chi connectivity index (χ1n) is 8.96. The molecule has 0 saturated heterocycles. The van der Waals surface area contributed by atoms with E-state index in [9.17, 15) is 14.9 Å². The summed E-state index contributed by atoms with van der Waals surface area (Å²) in [5, 5.41) is 19.4. The van der Waals surface area contributed by atoms with Crippen molar-refractivity contribution >= 4 is 39.3 Å². The molecular weight excluding hydrogens is 450 g/mol. The lowest BCUT2D eigenvalue weighted by atomic mass is 10.2. The van der Waals surface area contributed by atoms with Gasteiger partial charge in [-0.15, -0.1) is 0 Å². The van der Waals surface area contributed by atoms with E-state index < -0.39 is 10.8 Å². The van der Waals surface area contributed by atoms with Crippen molar-refractivity contribution in [2.45, 2.75) is 13.5 Å². The quantitative estimate of drug-likeness (QED) is 0.315. The number of benzene rings is 2. The Bertz CT molecular complexity index is 1120. The highest BCUT2D eigenvalue weighted by atomic mass is 79.9. The largest absolute Gasteiger partial charge is 0.320 e. The van der Waals surface area contributed by atoms with Crippen molar-refractivity contribution in [2.24, 2.45) is 5.10 Å². The molecule has 1 heterocycles. The summed E-state index contributed by atoms with van der Waals surface area (Å²) in [5.41, 5.74) is 4.05. The predicted octanol–water partition coefficient (Wildman–Crippen LogP) is 4.42.